The number of hydrogen-bond acceptors (Lipinski definition) is 3. The van der Waals surface area contributed by atoms with Gasteiger partial charge in [0.05, 0.1) is 5.60 Å². The second kappa shape index (κ2) is 11.4. The van der Waals surface area contributed by atoms with Gasteiger partial charge in [0.25, 0.3) is 0 Å². The van der Waals surface area contributed by atoms with Crippen molar-refractivity contribution in [1.82, 2.24) is 15.5 Å². The number of rotatable bonds is 6. The third-order valence-corrected chi connectivity index (χ3v) is 5.96. The van der Waals surface area contributed by atoms with Gasteiger partial charge in [0.1, 0.15) is 0 Å². The Labute approximate surface area is 187 Å². The summed E-state index contributed by atoms with van der Waals surface area (Å²) in [6, 6.07) is 9.70. The van der Waals surface area contributed by atoms with Crippen molar-refractivity contribution in [2.45, 2.75) is 70.7 Å². The van der Waals surface area contributed by atoms with Crippen LogP contribution in [0, 0.1) is 0 Å². The van der Waals surface area contributed by atoms with Gasteiger partial charge in [-0.3, -0.25) is 9.89 Å². The fourth-order valence-electron chi connectivity index (χ4n) is 4.04. The molecule has 28 heavy (non-hydrogen) atoms. The van der Waals surface area contributed by atoms with E-state index in [2.05, 4.69) is 58.6 Å². The van der Waals surface area contributed by atoms with Crippen LogP contribution < -0.4 is 10.6 Å². The van der Waals surface area contributed by atoms with E-state index in [1.165, 1.54) is 36.9 Å². The highest BCUT2D eigenvalue weighted by molar-refractivity contribution is 14.0. The first-order chi connectivity index (χ1) is 13.1. The number of benzene rings is 1. The summed E-state index contributed by atoms with van der Waals surface area (Å²) in [5, 5.41) is 6.81. The van der Waals surface area contributed by atoms with E-state index in [0.717, 1.165) is 45.0 Å². The minimum Gasteiger partial charge on any atom is -0.373 e. The van der Waals surface area contributed by atoms with Crippen LogP contribution in [-0.2, 0) is 17.8 Å². The average molecular weight is 500 g/mol. The highest BCUT2D eigenvalue weighted by Crippen LogP contribution is 2.23. The summed E-state index contributed by atoms with van der Waals surface area (Å²) in [4.78, 5) is 6.94. The molecule has 0 bridgehead atoms. The number of hydrogen-bond donors (Lipinski definition) is 2. The lowest BCUT2D eigenvalue weighted by Crippen LogP contribution is -2.45. The molecule has 0 aliphatic carbocycles. The van der Waals surface area contributed by atoms with Crippen LogP contribution >= 0.6 is 24.0 Å². The molecule has 0 radical (unpaired) electrons. The highest BCUT2D eigenvalue weighted by atomic mass is 127. The van der Waals surface area contributed by atoms with E-state index in [9.17, 15) is 0 Å². The van der Waals surface area contributed by atoms with Gasteiger partial charge in [-0.05, 0) is 57.2 Å². The van der Waals surface area contributed by atoms with E-state index in [0.29, 0.717) is 6.04 Å². The van der Waals surface area contributed by atoms with Gasteiger partial charge in [-0.15, -0.1) is 24.0 Å². The van der Waals surface area contributed by atoms with Crippen molar-refractivity contribution in [2.24, 2.45) is 4.99 Å². The van der Waals surface area contributed by atoms with Crippen molar-refractivity contribution in [3.63, 3.8) is 0 Å². The SMILES string of the molecule is CN=C(NCc1ccc(CN2CCCCC2C)cc1)NCC1(C)CCCO1.I. The van der Waals surface area contributed by atoms with Crippen LogP contribution in [0.4, 0.5) is 0 Å². The zero-order chi connectivity index (χ0) is 19.1. The standard InChI is InChI=1S/C22H36N4O.HI/c1-18-7-4-5-13-26(18)16-20-10-8-19(9-11-20)15-24-21(23-3)25-17-22(2)12-6-14-27-22;/h8-11,18H,4-7,12-17H2,1-3H3,(H2,23,24,25);1H. The molecule has 2 atom stereocenters. The molecule has 0 saturated carbocycles. The molecule has 2 saturated heterocycles. The van der Waals surface area contributed by atoms with Crippen LogP contribution in [-0.4, -0.2) is 49.2 Å². The molecule has 3 rings (SSSR count). The van der Waals surface area contributed by atoms with Crippen molar-refractivity contribution in [3.05, 3.63) is 35.4 Å². The van der Waals surface area contributed by atoms with Gasteiger partial charge in [0.15, 0.2) is 5.96 Å². The zero-order valence-corrected chi connectivity index (χ0v) is 20.0. The van der Waals surface area contributed by atoms with Crippen LogP contribution in [0.15, 0.2) is 29.3 Å². The summed E-state index contributed by atoms with van der Waals surface area (Å²) in [5.41, 5.74) is 2.61. The number of aliphatic imine (C=N–C) groups is 1. The Balaban J connectivity index is 0.00000280. The van der Waals surface area contributed by atoms with Gasteiger partial charge >= 0.3 is 0 Å². The van der Waals surface area contributed by atoms with Gasteiger partial charge in [-0.2, -0.15) is 0 Å². The third kappa shape index (κ3) is 6.88. The maximum atomic E-state index is 5.83. The molecule has 2 aliphatic rings. The second-order valence-electron chi connectivity index (χ2n) is 8.31. The molecule has 0 aromatic heterocycles. The molecule has 0 amide bonds. The molecule has 1 aromatic carbocycles. The lowest BCUT2D eigenvalue weighted by atomic mass is 10.0. The number of likely N-dealkylation sites (tertiary alicyclic amines) is 1. The normalized spacial score (nSPS) is 26.0. The minimum atomic E-state index is -0.0646. The molecule has 1 aromatic rings. The Morgan fingerprint density at radius 2 is 1.93 bits per heavy atom. The quantitative estimate of drug-likeness (QED) is 0.353. The first-order valence-corrected chi connectivity index (χ1v) is 10.5. The Bertz CT molecular complexity index is 613. The monoisotopic (exact) mass is 500 g/mol. The van der Waals surface area contributed by atoms with E-state index in [4.69, 9.17) is 4.74 Å². The van der Waals surface area contributed by atoms with Gasteiger partial charge in [0.2, 0.25) is 0 Å². The first kappa shape index (κ1) is 23.4. The second-order valence-corrected chi connectivity index (χ2v) is 8.31. The maximum absolute atomic E-state index is 5.83. The lowest BCUT2D eigenvalue weighted by Gasteiger charge is -2.33. The topological polar surface area (TPSA) is 48.9 Å². The Hall–Kier alpha value is -0.860. The Kier molecular flexibility index (Phi) is 9.50. The molecule has 6 heteroatoms. The molecule has 158 valence electrons. The molecule has 2 N–H and O–H groups in total. The summed E-state index contributed by atoms with van der Waals surface area (Å²) >= 11 is 0. The van der Waals surface area contributed by atoms with E-state index < -0.39 is 0 Å². The summed E-state index contributed by atoms with van der Waals surface area (Å²) in [5.74, 6) is 0.831. The van der Waals surface area contributed by atoms with Crippen LogP contribution in [0.3, 0.4) is 0 Å². The highest BCUT2D eigenvalue weighted by Gasteiger charge is 2.29. The Morgan fingerprint density at radius 1 is 1.18 bits per heavy atom. The van der Waals surface area contributed by atoms with Crippen LogP contribution in [0.25, 0.3) is 0 Å². The van der Waals surface area contributed by atoms with Crippen LogP contribution in [0.1, 0.15) is 57.1 Å². The number of ether oxygens (including phenoxy) is 1. The van der Waals surface area contributed by atoms with E-state index in [1.807, 2.05) is 7.05 Å². The molecule has 5 nitrogen and oxygen atoms in total. The maximum Gasteiger partial charge on any atom is 0.191 e. The van der Waals surface area contributed by atoms with E-state index in [-0.39, 0.29) is 29.6 Å². The number of nitrogens with zero attached hydrogens (tertiary/aromatic N) is 2. The fraction of sp³-hybridized carbons (Fsp3) is 0.682. The third-order valence-electron chi connectivity index (χ3n) is 5.96. The lowest BCUT2D eigenvalue weighted by molar-refractivity contribution is 0.0243. The summed E-state index contributed by atoms with van der Waals surface area (Å²) in [6.07, 6.45) is 6.30. The number of nitrogens with one attached hydrogen (secondary N) is 2. The molecule has 2 fully saturated rings. The van der Waals surface area contributed by atoms with Crippen LogP contribution in [0.5, 0.6) is 0 Å². The largest absolute Gasteiger partial charge is 0.373 e. The van der Waals surface area contributed by atoms with Crippen molar-refractivity contribution in [2.75, 3.05) is 26.7 Å². The molecular formula is C22H37IN4O. The number of piperidine rings is 1. The van der Waals surface area contributed by atoms with Crippen molar-refractivity contribution in [1.29, 1.82) is 0 Å². The van der Waals surface area contributed by atoms with Gasteiger partial charge in [-0.25, -0.2) is 0 Å². The predicted molar refractivity (Wildman–Crippen MR) is 127 cm³/mol. The fourth-order valence-corrected chi connectivity index (χ4v) is 4.04. The van der Waals surface area contributed by atoms with Gasteiger partial charge in [-0.1, -0.05) is 30.7 Å². The first-order valence-electron chi connectivity index (χ1n) is 10.5. The average Bonchev–Trinajstić information content (AvgIpc) is 3.12. The molecule has 2 unspecified atom stereocenters. The van der Waals surface area contributed by atoms with Crippen LogP contribution in [0.2, 0.25) is 0 Å². The van der Waals surface area contributed by atoms with E-state index in [1.54, 1.807) is 0 Å². The smallest absolute Gasteiger partial charge is 0.191 e. The summed E-state index contributed by atoms with van der Waals surface area (Å²) in [7, 11) is 1.82. The Morgan fingerprint density at radius 3 is 2.57 bits per heavy atom. The zero-order valence-electron chi connectivity index (χ0n) is 17.7. The predicted octanol–water partition coefficient (Wildman–Crippen LogP) is 3.91. The molecule has 0 spiro atoms. The van der Waals surface area contributed by atoms with Gasteiger partial charge < -0.3 is 15.4 Å². The molecule has 2 aliphatic heterocycles. The van der Waals surface area contributed by atoms with Crippen molar-refractivity contribution in [3.8, 4) is 0 Å². The summed E-state index contributed by atoms with van der Waals surface area (Å²) in [6.45, 7) is 9.26. The van der Waals surface area contributed by atoms with Crippen molar-refractivity contribution < 1.29 is 4.74 Å². The van der Waals surface area contributed by atoms with Gasteiger partial charge in [0, 0.05) is 39.3 Å². The minimum absolute atomic E-state index is 0. The molecule has 2 heterocycles. The summed E-state index contributed by atoms with van der Waals surface area (Å²) < 4.78 is 5.83. The number of guanidine groups is 1. The van der Waals surface area contributed by atoms with E-state index >= 15 is 0 Å². The number of halogens is 1. The molecular weight excluding hydrogens is 463 g/mol. The van der Waals surface area contributed by atoms with Crippen molar-refractivity contribution >= 4 is 29.9 Å².